The van der Waals surface area contributed by atoms with Gasteiger partial charge in [0.2, 0.25) is 5.89 Å². The van der Waals surface area contributed by atoms with Gasteiger partial charge in [0.05, 0.1) is 24.4 Å². The lowest BCUT2D eigenvalue weighted by Gasteiger charge is -2.06. The molecule has 0 aliphatic rings. The summed E-state index contributed by atoms with van der Waals surface area (Å²) in [5.41, 5.74) is 1.94. The zero-order chi connectivity index (χ0) is 19.0. The van der Waals surface area contributed by atoms with E-state index in [4.69, 9.17) is 13.7 Å². The summed E-state index contributed by atoms with van der Waals surface area (Å²) < 4.78 is 18.0. The number of hydrogen-bond acceptors (Lipinski definition) is 7. The Morgan fingerprint density at radius 1 is 1.22 bits per heavy atom. The predicted molar refractivity (Wildman–Crippen MR) is 97.7 cm³/mol. The third-order valence-electron chi connectivity index (χ3n) is 4.26. The van der Waals surface area contributed by atoms with E-state index >= 15 is 0 Å². The fourth-order valence-electron chi connectivity index (χ4n) is 2.90. The van der Waals surface area contributed by atoms with E-state index in [2.05, 4.69) is 15.1 Å². The summed E-state index contributed by atoms with van der Waals surface area (Å²) in [6, 6.07) is 7.55. The lowest BCUT2D eigenvalue weighted by atomic mass is 10.2. The number of rotatable bonds is 5. The van der Waals surface area contributed by atoms with Gasteiger partial charge in [-0.1, -0.05) is 17.3 Å². The van der Waals surface area contributed by atoms with Crippen LogP contribution in [0.15, 0.2) is 44.3 Å². The van der Waals surface area contributed by atoms with Crippen LogP contribution in [0.25, 0.3) is 22.6 Å². The summed E-state index contributed by atoms with van der Waals surface area (Å²) in [6.07, 6.45) is 1.43. The molecule has 0 atom stereocenters. The number of hydrogen-bond donors (Lipinski definition) is 0. The van der Waals surface area contributed by atoms with Crippen LogP contribution in [0.2, 0.25) is 0 Å². The molecule has 0 saturated heterocycles. The minimum Gasteiger partial charge on any atom is -0.493 e. The van der Waals surface area contributed by atoms with Gasteiger partial charge in [-0.15, -0.1) is 0 Å². The fraction of sp³-hybridized carbons (Fsp3) is 0.263. The summed E-state index contributed by atoms with van der Waals surface area (Å²) in [5, 5.41) is 4.17. The first-order valence-corrected chi connectivity index (χ1v) is 8.58. The van der Waals surface area contributed by atoms with E-state index in [1.54, 1.807) is 6.92 Å². The molecule has 0 N–H and O–H groups in total. The maximum Gasteiger partial charge on any atom is 0.266 e. The fourth-order valence-corrected chi connectivity index (χ4v) is 2.90. The quantitative estimate of drug-likeness (QED) is 0.535. The largest absolute Gasteiger partial charge is 0.493 e. The predicted octanol–water partition coefficient (Wildman–Crippen LogP) is 3.10. The van der Waals surface area contributed by atoms with E-state index < -0.39 is 0 Å². The molecular weight excluding hydrogens is 348 g/mol. The number of fused-ring (bicyclic) bond motifs is 1. The molecule has 0 radical (unpaired) electrons. The van der Waals surface area contributed by atoms with Crippen molar-refractivity contribution in [3.8, 4) is 17.2 Å². The summed E-state index contributed by atoms with van der Waals surface area (Å²) in [4.78, 5) is 21.4. The van der Waals surface area contributed by atoms with Crippen LogP contribution in [-0.2, 0) is 6.54 Å². The van der Waals surface area contributed by atoms with Crippen LogP contribution in [0, 0.1) is 13.8 Å². The molecule has 0 unspecified atom stereocenters. The minimum atomic E-state index is -0.225. The van der Waals surface area contributed by atoms with E-state index in [0.29, 0.717) is 40.8 Å². The SMILES string of the molecule is CCOc1ccccc1-c1nc(Cn2cnc3onc(C)c3c2=O)c(C)o1. The highest BCUT2D eigenvalue weighted by molar-refractivity contribution is 5.73. The Hall–Kier alpha value is -3.42. The van der Waals surface area contributed by atoms with Crippen molar-refractivity contribution in [3.05, 3.63) is 58.1 Å². The third-order valence-corrected chi connectivity index (χ3v) is 4.26. The van der Waals surface area contributed by atoms with Gasteiger partial charge in [-0.05, 0) is 32.9 Å². The summed E-state index contributed by atoms with van der Waals surface area (Å²) in [7, 11) is 0. The van der Waals surface area contributed by atoms with Crippen LogP contribution in [0.5, 0.6) is 5.75 Å². The van der Waals surface area contributed by atoms with Crippen LogP contribution in [0.4, 0.5) is 0 Å². The average Bonchev–Trinajstić information content (AvgIpc) is 3.22. The highest BCUT2D eigenvalue weighted by Gasteiger charge is 2.17. The van der Waals surface area contributed by atoms with Crippen LogP contribution >= 0.6 is 0 Å². The molecule has 27 heavy (non-hydrogen) atoms. The number of nitrogens with zero attached hydrogens (tertiary/aromatic N) is 4. The Balaban J connectivity index is 1.72. The number of ether oxygens (including phenoxy) is 1. The topological polar surface area (TPSA) is 96.2 Å². The highest BCUT2D eigenvalue weighted by Crippen LogP contribution is 2.30. The van der Waals surface area contributed by atoms with Gasteiger partial charge >= 0.3 is 0 Å². The molecule has 8 nitrogen and oxygen atoms in total. The molecule has 0 fully saturated rings. The van der Waals surface area contributed by atoms with E-state index in [9.17, 15) is 4.79 Å². The molecule has 0 aliphatic carbocycles. The molecular formula is C19H18N4O4. The van der Waals surface area contributed by atoms with Crippen molar-refractivity contribution < 1.29 is 13.7 Å². The molecule has 3 heterocycles. The van der Waals surface area contributed by atoms with Crippen molar-refractivity contribution in [2.45, 2.75) is 27.3 Å². The molecule has 138 valence electrons. The third kappa shape index (κ3) is 2.99. The molecule has 0 aliphatic heterocycles. The molecule has 4 rings (SSSR count). The standard InChI is InChI=1S/C19H18N4O4/c1-4-25-15-8-6-5-7-13(15)17-21-14(12(3)26-17)9-23-10-20-18-16(19(23)24)11(2)22-27-18/h5-8,10H,4,9H2,1-3H3. The summed E-state index contributed by atoms with van der Waals surface area (Å²) in [6.45, 7) is 6.23. The van der Waals surface area contributed by atoms with Gasteiger partial charge in [0.1, 0.15) is 28.9 Å². The molecule has 4 aromatic rings. The Morgan fingerprint density at radius 2 is 2.04 bits per heavy atom. The van der Waals surface area contributed by atoms with Gasteiger partial charge in [0.15, 0.2) is 0 Å². The number of aromatic nitrogens is 4. The summed E-state index contributed by atoms with van der Waals surface area (Å²) in [5.74, 6) is 1.79. The monoisotopic (exact) mass is 366 g/mol. The number of oxazole rings is 1. The van der Waals surface area contributed by atoms with Gasteiger partial charge in [-0.2, -0.15) is 0 Å². The van der Waals surface area contributed by atoms with E-state index in [1.165, 1.54) is 10.9 Å². The highest BCUT2D eigenvalue weighted by atomic mass is 16.5. The first kappa shape index (κ1) is 17.0. The molecule has 0 spiro atoms. The van der Waals surface area contributed by atoms with Gasteiger partial charge in [0, 0.05) is 0 Å². The van der Waals surface area contributed by atoms with Crippen LogP contribution < -0.4 is 10.3 Å². The van der Waals surface area contributed by atoms with Crippen molar-refractivity contribution >= 4 is 11.1 Å². The molecule has 1 aromatic carbocycles. The van der Waals surface area contributed by atoms with Gasteiger partial charge < -0.3 is 13.7 Å². The normalized spacial score (nSPS) is 11.2. The second-order valence-electron chi connectivity index (χ2n) is 6.08. The van der Waals surface area contributed by atoms with Crippen molar-refractivity contribution in [2.24, 2.45) is 0 Å². The van der Waals surface area contributed by atoms with Gasteiger partial charge in [-0.25, -0.2) is 9.97 Å². The first-order valence-electron chi connectivity index (χ1n) is 8.58. The van der Waals surface area contributed by atoms with E-state index in [-0.39, 0.29) is 17.8 Å². The first-order chi connectivity index (χ1) is 13.1. The molecule has 3 aromatic heterocycles. The van der Waals surface area contributed by atoms with Crippen LogP contribution in [0.1, 0.15) is 24.1 Å². The lowest BCUT2D eigenvalue weighted by molar-refractivity contribution is 0.340. The van der Waals surface area contributed by atoms with Gasteiger partial charge in [-0.3, -0.25) is 9.36 Å². The second-order valence-corrected chi connectivity index (χ2v) is 6.08. The zero-order valence-electron chi connectivity index (χ0n) is 15.2. The lowest BCUT2D eigenvalue weighted by Crippen LogP contribution is -2.21. The number of para-hydroxylation sites is 1. The van der Waals surface area contributed by atoms with E-state index in [0.717, 1.165) is 5.56 Å². The Bertz CT molecular complexity index is 1170. The average molecular weight is 366 g/mol. The zero-order valence-corrected chi connectivity index (χ0v) is 15.2. The molecule has 0 bridgehead atoms. The molecule has 8 heteroatoms. The number of aryl methyl sites for hydroxylation is 2. The molecule has 0 amide bonds. The van der Waals surface area contributed by atoms with Crippen molar-refractivity contribution in [2.75, 3.05) is 6.61 Å². The Labute approximate surface area is 154 Å². The smallest absolute Gasteiger partial charge is 0.266 e. The second kappa shape index (κ2) is 6.71. The van der Waals surface area contributed by atoms with Crippen molar-refractivity contribution in [1.29, 1.82) is 0 Å². The maximum absolute atomic E-state index is 12.7. The Kier molecular flexibility index (Phi) is 4.23. The van der Waals surface area contributed by atoms with Crippen molar-refractivity contribution in [1.82, 2.24) is 19.7 Å². The van der Waals surface area contributed by atoms with Crippen molar-refractivity contribution in [3.63, 3.8) is 0 Å². The van der Waals surface area contributed by atoms with Crippen LogP contribution in [0.3, 0.4) is 0 Å². The molecule has 0 saturated carbocycles. The van der Waals surface area contributed by atoms with Crippen LogP contribution in [-0.4, -0.2) is 26.3 Å². The van der Waals surface area contributed by atoms with E-state index in [1.807, 2.05) is 38.1 Å². The summed E-state index contributed by atoms with van der Waals surface area (Å²) >= 11 is 0. The van der Waals surface area contributed by atoms with Gasteiger partial charge in [0.25, 0.3) is 11.3 Å². The number of benzene rings is 1. The minimum absolute atomic E-state index is 0.225. The maximum atomic E-state index is 12.7. The Morgan fingerprint density at radius 3 is 2.85 bits per heavy atom.